The molecule has 22 heavy (non-hydrogen) atoms. The molecule has 0 amide bonds. The van der Waals surface area contributed by atoms with E-state index < -0.39 is 11.4 Å². The Balaban J connectivity index is 1.86. The van der Waals surface area contributed by atoms with Crippen LogP contribution in [0.1, 0.15) is 16.1 Å². The molecule has 1 aliphatic rings. The van der Waals surface area contributed by atoms with Crippen LogP contribution in [0.2, 0.25) is 0 Å². The van der Waals surface area contributed by atoms with Crippen LogP contribution in [0.5, 0.6) is 11.5 Å². The van der Waals surface area contributed by atoms with Crippen LogP contribution >= 0.6 is 0 Å². The van der Waals surface area contributed by atoms with Crippen LogP contribution in [0.3, 0.4) is 0 Å². The molecule has 114 valence electrons. The number of aromatic nitrogens is 2. The molecular formula is C15H13FN2O4. The molecule has 0 N–H and O–H groups in total. The van der Waals surface area contributed by atoms with E-state index in [4.69, 9.17) is 9.47 Å². The molecule has 0 aliphatic carbocycles. The second-order valence-corrected chi connectivity index (χ2v) is 4.86. The number of ketones is 1. The highest BCUT2D eigenvalue weighted by Crippen LogP contribution is 2.30. The number of carbonyl (C=O) groups excluding carboxylic acids is 1. The highest BCUT2D eigenvalue weighted by molar-refractivity contribution is 5.96. The molecule has 1 aromatic heterocycles. The van der Waals surface area contributed by atoms with Gasteiger partial charge in [-0.15, -0.1) is 0 Å². The lowest BCUT2D eigenvalue weighted by atomic mass is 10.1. The summed E-state index contributed by atoms with van der Waals surface area (Å²) < 4.78 is 25.2. The van der Waals surface area contributed by atoms with Crippen molar-refractivity contribution < 1.29 is 18.7 Å². The minimum absolute atomic E-state index is 0.00743. The number of Topliss-reactive ketones (excluding diaryl/α,β-unsaturated/α-hetero) is 1. The number of hydrogen-bond acceptors (Lipinski definition) is 5. The highest BCUT2D eigenvalue weighted by Gasteiger charge is 2.16. The molecule has 0 bridgehead atoms. The quantitative estimate of drug-likeness (QED) is 0.800. The highest BCUT2D eigenvalue weighted by atomic mass is 19.1. The third kappa shape index (κ3) is 2.57. The summed E-state index contributed by atoms with van der Waals surface area (Å²) in [4.78, 5) is 27.7. The predicted octanol–water partition coefficient (Wildman–Crippen LogP) is 1.34. The summed E-state index contributed by atoms with van der Waals surface area (Å²) in [6.45, 7) is 1.98. The first kappa shape index (κ1) is 14.2. The molecule has 2 heterocycles. The Kier molecular flexibility index (Phi) is 3.62. The molecule has 0 spiro atoms. The van der Waals surface area contributed by atoms with E-state index in [1.165, 1.54) is 6.92 Å². The van der Waals surface area contributed by atoms with Crippen molar-refractivity contribution in [3.05, 3.63) is 52.0 Å². The monoisotopic (exact) mass is 304 g/mol. The first-order valence-corrected chi connectivity index (χ1v) is 6.70. The van der Waals surface area contributed by atoms with Gasteiger partial charge in [-0.2, -0.15) is 4.39 Å². The van der Waals surface area contributed by atoms with Crippen LogP contribution in [0.15, 0.2) is 29.3 Å². The van der Waals surface area contributed by atoms with Gasteiger partial charge in [0.05, 0.1) is 18.6 Å². The summed E-state index contributed by atoms with van der Waals surface area (Å²) in [5, 5.41) is 0. The van der Waals surface area contributed by atoms with Gasteiger partial charge in [0, 0.05) is 5.56 Å². The van der Waals surface area contributed by atoms with E-state index in [0.29, 0.717) is 30.3 Å². The predicted molar refractivity (Wildman–Crippen MR) is 75.0 cm³/mol. The van der Waals surface area contributed by atoms with Gasteiger partial charge in [-0.05, 0) is 25.1 Å². The van der Waals surface area contributed by atoms with Gasteiger partial charge >= 0.3 is 0 Å². The molecule has 0 radical (unpaired) electrons. The topological polar surface area (TPSA) is 70.4 Å². The average Bonchev–Trinajstić information content (AvgIpc) is 2.55. The Hall–Kier alpha value is -2.70. The molecule has 2 aromatic rings. The maximum Gasteiger partial charge on any atom is 0.290 e. The number of carbonyl (C=O) groups is 1. The zero-order valence-electron chi connectivity index (χ0n) is 11.8. The van der Waals surface area contributed by atoms with Gasteiger partial charge < -0.3 is 9.47 Å². The van der Waals surface area contributed by atoms with Crippen molar-refractivity contribution in [2.45, 2.75) is 13.5 Å². The Morgan fingerprint density at radius 3 is 2.82 bits per heavy atom. The van der Waals surface area contributed by atoms with Gasteiger partial charge in [0.2, 0.25) is 5.82 Å². The summed E-state index contributed by atoms with van der Waals surface area (Å²) in [5.74, 6) is -0.234. The Labute approximate surface area is 125 Å². The summed E-state index contributed by atoms with van der Waals surface area (Å²) >= 11 is 0. The number of nitrogens with zero attached hydrogens (tertiary/aromatic N) is 2. The number of fused-ring (bicyclic) bond motifs is 1. The average molecular weight is 304 g/mol. The number of rotatable bonds is 3. The Bertz CT molecular complexity index is 801. The second kappa shape index (κ2) is 5.59. The lowest BCUT2D eigenvalue weighted by molar-refractivity contribution is 0.0968. The van der Waals surface area contributed by atoms with Crippen LogP contribution in [0.4, 0.5) is 4.39 Å². The largest absolute Gasteiger partial charge is 0.486 e. The number of aryl methyl sites for hydroxylation is 1. The van der Waals surface area contributed by atoms with E-state index >= 15 is 0 Å². The van der Waals surface area contributed by atoms with E-state index in [9.17, 15) is 14.0 Å². The number of benzene rings is 1. The normalized spacial score (nSPS) is 13.0. The van der Waals surface area contributed by atoms with Crippen molar-refractivity contribution in [3.63, 3.8) is 0 Å². The molecule has 7 heteroatoms. The number of hydrogen-bond donors (Lipinski definition) is 0. The molecule has 0 unspecified atom stereocenters. The van der Waals surface area contributed by atoms with Crippen LogP contribution < -0.4 is 15.0 Å². The van der Waals surface area contributed by atoms with Crippen molar-refractivity contribution in [1.82, 2.24) is 9.55 Å². The standard InChI is InChI=1S/C15H13FN2O4/c1-9-14(16)15(20)18(8-17-9)7-11(19)10-2-3-12-13(6-10)22-5-4-21-12/h2-3,6,8H,4-5,7H2,1H3. The second-order valence-electron chi connectivity index (χ2n) is 4.86. The molecule has 0 saturated heterocycles. The summed E-state index contributed by atoms with van der Waals surface area (Å²) in [5.41, 5.74) is -0.497. The fourth-order valence-electron chi connectivity index (χ4n) is 2.12. The minimum Gasteiger partial charge on any atom is -0.486 e. The lowest BCUT2D eigenvalue weighted by Gasteiger charge is -2.18. The van der Waals surface area contributed by atoms with Crippen molar-refractivity contribution in [3.8, 4) is 11.5 Å². The maximum absolute atomic E-state index is 13.5. The molecule has 0 fully saturated rings. The molecular weight excluding hydrogens is 291 g/mol. The van der Waals surface area contributed by atoms with Crippen LogP contribution in [-0.4, -0.2) is 28.5 Å². The van der Waals surface area contributed by atoms with E-state index in [1.54, 1.807) is 18.2 Å². The van der Waals surface area contributed by atoms with Crippen LogP contribution in [0.25, 0.3) is 0 Å². The number of ether oxygens (including phenoxy) is 2. The SMILES string of the molecule is Cc1ncn(CC(=O)c2ccc3c(c2)OCCO3)c(=O)c1F. The molecule has 3 rings (SSSR count). The van der Waals surface area contributed by atoms with E-state index in [-0.39, 0.29) is 18.0 Å². The van der Waals surface area contributed by atoms with Crippen LogP contribution in [0, 0.1) is 12.7 Å². The molecule has 1 aromatic carbocycles. The van der Waals surface area contributed by atoms with Gasteiger partial charge in [-0.1, -0.05) is 0 Å². The number of halogens is 1. The smallest absolute Gasteiger partial charge is 0.290 e. The fourth-order valence-corrected chi connectivity index (χ4v) is 2.12. The molecule has 6 nitrogen and oxygen atoms in total. The zero-order chi connectivity index (χ0) is 15.7. The summed E-state index contributed by atoms with van der Waals surface area (Å²) in [6, 6.07) is 4.77. The van der Waals surface area contributed by atoms with Gasteiger partial charge in [0.25, 0.3) is 5.56 Å². The maximum atomic E-state index is 13.5. The van der Waals surface area contributed by atoms with Crippen molar-refractivity contribution in [2.24, 2.45) is 0 Å². The van der Waals surface area contributed by atoms with Crippen molar-refractivity contribution in [2.75, 3.05) is 13.2 Å². The zero-order valence-corrected chi connectivity index (χ0v) is 11.8. The van der Waals surface area contributed by atoms with Gasteiger partial charge in [0.1, 0.15) is 13.2 Å². The van der Waals surface area contributed by atoms with Crippen molar-refractivity contribution >= 4 is 5.78 Å². The van der Waals surface area contributed by atoms with E-state index in [0.717, 1.165) is 10.9 Å². The summed E-state index contributed by atoms with van der Waals surface area (Å²) in [7, 11) is 0. The Morgan fingerprint density at radius 1 is 1.32 bits per heavy atom. The van der Waals surface area contributed by atoms with Crippen molar-refractivity contribution in [1.29, 1.82) is 0 Å². The fraction of sp³-hybridized carbons (Fsp3) is 0.267. The molecule has 0 saturated carbocycles. The minimum atomic E-state index is -0.947. The van der Waals surface area contributed by atoms with Gasteiger partial charge in [0.15, 0.2) is 17.3 Å². The van der Waals surface area contributed by atoms with E-state index in [2.05, 4.69) is 4.98 Å². The summed E-state index contributed by atoms with van der Waals surface area (Å²) in [6.07, 6.45) is 1.16. The Morgan fingerprint density at radius 2 is 2.05 bits per heavy atom. The lowest BCUT2D eigenvalue weighted by Crippen LogP contribution is -2.28. The van der Waals surface area contributed by atoms with Gasteiger partial charge in [-0.3, -0.25) is 14.2 Å². The first-order valence-electron chi connectivity index (χ1n) is 6.70. The molecule has 0 atom stereocenters. The third-order valence-electron chi connectivity index (χ3n) is 3.34. The van der Waals surface area contributed by atoms with Crippen LogP contribution in [-0.2, 0) is 6.54 Å². The van der Waals surface area contributed by atoms with Gasteiger partial charge in [-0.25, -0.2) is 4.98 Å². The van der Waals surface area contributed by atoms with E-state index in [1.807, 2.05) is 0 Å². The molecule has 1 aliphatic heterocycles. The third-order valence-corrected chi connectivity index (χ3v) is 3.34. The first-order chi connectivity index (χ1) is 10.6.